The van der Waals surface area contributed by atoms with Crippen LogP contribution < -0.4 is 10.1 Å². The molecule has 21 heavy (non-hydrogen) atoms. The number of ether oxygens (including phenoxy) is 1. The Morgan fingerprint density at radius 3 is 3.10 bits per heavy atom. The normalized spacial score (nSPS) is 18.0. The van der Waals surface area contributed by atoms with Crippen LogP contribution in [-0.4, -0.2) is 29.8 Å². The minimum Gasteiger partial charge on any atom is -0.493 e. The highest BCUT2D eigenvalue weighted by Gasteiger charge is 2.17. The Labute approximate surface area is 124 Å². The van der Waals surface area contributed by atoms with E-state index >= 15 is 0 Å². The molecular weight excluding hydrogens is 266 g/mol. The Morgan fingerprint density at radius 2 is 2.29 bits per heavy atom. The Bertz CT molecular complexity index is 576. The fourth-order valence-electron chi connectivity index (χ4n) is 2.69. The second-order valence-corrected chi connectivity index (χ2v) is 5.34. The first-order valence-electron chi connectivity index (χ1n) is 7.62. The van der Waals surface area contributed by atoms with Crippen LogP contribution in [0.1, 0.15) is 25.7 Å². The third-order valence-corrected chi connectivity index (χ3v) is 3.82. The fraction of sp³-hybridized carbons (Fsp3) is 0.500. The standard InChI is InChI=1S/C16H21N3O2/c1-2-20-14-6-4-3-5-13(14)16-18-15(21-19-16)8-7-12-9-10-17-11-12/h3-6,12,17H,2,7-11H2,1H3. The highest BCUT2D eigenvalue weighted by Crippen LogP contribution is 2.27. The lowest BCUT2D eigenvalue weighted by atomic mass is 10.0. The van der Waals surface area contributed by atoms with E-state index in [0.717, 1.165) is 43.2 Å². The summed E-state index contributed by atoms with van der Waals surface area (Å²) in [6.07, 6.45) is 3.19. The van der Waals surface area contributed by atoms with Gasteiger partial charge in [-0.2, -0.15) is 4.98 Å². The number of para-hydroxylation sites is 1. The molecule has 0 aliphatic carbocycles. The molecule has 0 amide bonds. The number of rotatable bonds is 6. The molecule has 0 spiro atoms. The molecule has 2 aromatic rings. The van der Waals surface area contributed by atoms with Crippen molar-refractivity contribution in [2.24, 2.45) is 5.92 Å². The minimum absolute atomic E-state index is 0.610. The third-order valence-electron chi connectivity index (χ3n) is 3.82. The first kappa shape index (κ1) is 14.1. The zero-order valence-corrected chi connectivity index (χ0v) is 12.3. The smallest absolute Gasteiger partial charge is 0.226 e. The zero-order chi connectivity index (χ0) is 14.5. The number of nitrogens with zero attached hydrogens (tertiary/aromatic N) is 2. The molecule has 1 aromatic carbocycles. The van der Waals surface area contributed by atoms with Gasteiger partial charge in [0.2, 0.25) is 11.7 Å². The predicted octanol–water partition coefficient (Wildman–Crippen LogP) is 2.68. The monoisotopic (exact) mass is 287 g/mol. The van der Waals surface area contributed by atoms with Gasteiger partial charge in [0.05, 0.1) is 12.2 Å². The van der Waals surface area contributed by atoms with Gasteiger partial charge in [-0.25, -0.2) is 0 Å². The average Bonchev–Trinajstić information content (AvgIpc) is 3.18. The Hall–Kier alpha value is -1.88. The first-order valence-corrected chi connectivity index (χ1v) is 7.62. The number of benzene rings is 1. The summed E-state index contributed by atoms with van der Waals surface area (Å²) in [5.41, 5.74) is 0.886. The molecule has 3 rings (SSSR count). The van der Waals surface area contributed by atoms with Crippen molar-refractivity contribution in [1.82, 2.24) is 15.5 Å². The SMILES string of the molecule is CCOc1ccccc1-c1noc(CCC2CCNC2)n1. The van der Waals surface area contributed by atoms with Crippen LogP contribution in [0.5, 0.6) is 5.75 Å². The fourth-order valence-corrected chi connectivity index (χ4v) is 2.69. The molecule has 112 valence electrons. The van der Waals surface area contributed by atoms with Crippen molar-refractivity contribution in [2.75, 3.05) is 19.7 Å². The van der Waals surface area contributed by atoms with Gasteiger partial charge in [0.1, 0.15) is 5.75 Å². The van der Waals surface area contributed by atoms with Gasteiger partial charge in [0.25, 0.3) is 0 Å². The lowest BCUT2D eigenvalue weighted by Gasteiger charge is -2.06. The predicted molar refractivity (Wildman–Crippen MR) is 80.2 cm³/mol. The number of hydrogen-bond donors (Lipinski definition) is 1. The van der Waals surface area contributed by atoms with Gasteiger partial charge in [-0.05, 0) is 50.9 Å². The van der Waals surface area contributed by atoms with Crippen LogP contribution in [0, 0.1) is 5.92 Å². The van der Waals surface area contributed by atoms with Gasteiger partial charge in [0, 0.05) is 6.42 Å². The van der Waals surface area contributed by atoms with Crippen LogP contribution >= 0.6 is 0 Å². The molecule has 1 saturated heterocycles. The summed E-state index contributed by atoms with van der Waals surface area (Å²) < 4.78 is 11.0. The summed E-state index contributed by atoms with van der Waals surface area (Å²) in [4.78, 5) is 4.51. The molecule has 1 N–H and O–H groups in total. The number of aromatic nitrogens is 2. The van der Waals surface area contributed by atoms with Crippen LogP contribution in [0.25, 0.3) is 11.4 Å². The Balaban J connectivity index is 1.69. The van der Waals surface area contributed by atoms with Crippen molar-refractivity contribution in [1.29, 1.82) is 0 Å². The Morgan fingerprint density at radius 1 is 1.38 bits per heavy atom. The van der Waals surface area contributed by atoms with Gasteiger partial charge in [0.15, 0.2) is 0 Å². The highest BCUT2D eigenvalue weighted by molar-refractivity contribution is 5.63. The van der Waals surface area contributed by atoms with Gasteiger partial charge in [-0.1, -0.05) is 17.3 Å². The van der Waals surface area contributed by atoms with E-state index in [1.54, 1.807) is 0 Å². The molecule has 1 aliphatic rings. The summed E-state index contributed by atoms with van der Waals surface area (Å²) in [5, 5.41) is 7.47. The van der Waals surface area contributed by atoms with Gasteiger partial charge < -0.3 is 14.6 Å². The van der Waals surface area contributed by atoms with Gasteiger partial charge in [-0.15, -0.1) is 0 Å². The molecule has 0 saturated carbocycles. The zero-order valence-electron chi connectivity index (χ0n) is 12.3. The van der Waals surface area contributed by atoms with Crippen molar-refractivity contribution in [3.8, 4) is 17.1 Å². The molecule has 1 aromatic heterocycles. The van der Waals surface area contributed by atoms with Crippen LogP contribution in [0.2, 0.25) is 0 Å². The van der Waals surface area contributed by atoms with E-state index in [1.165, 1.54) is 6.42 Å². The maximum atomic E-state index is 5.61. The minimum atomic E-state index is 0.610. The number of aryl methyl sites for hydroxylation is 1. The van der Waals surface area contributed by atoms with E-state index in [2.05, 4.69) is 15.5 Å². The molecule has 2 heterocycles. The van der Waals surface area contributed by atoms with Gasteiger partial charge >= 0.3 is 0 Å². The number of hydrogen-bond acceptors (Lipinski definition) is 5. The average molecular weight is 287 g/mol. The van der Waals surface area contributed by atoms with Crippen molar-refractivity contribution < 1.29 is 9.26 Å². The summed E-state index contributed by atoms with van der Waals surface area (Å²) in [6, 6.07) is 7.79. The van der Waals surface area contributed by atoms with Gasteiger partial charge in [-0.3, -0.25) is 0 Å². The molecule has 5 nitrogen and oxygen atoms in total. The molecule has 1 unspecified atom stereocenters. The van der Waals surface area contributed by atoms with Crippen molar-refractivity contribution >= 4 is 0 Å². The maximum Gasteiger partial charge on any atom is 0.226 e. The highest BCUT2D eigenvalue weighted by atomic mass is 16.5. The lowest BCUT2D eigenvalue weighted by molar-refractivity contribution is 0.340. The third kappa shape index (κ3) is 3.42. The molecular formula is C16H21N3O2. The molecule has 0 bridgehead atoms. The summed E-state index contributed by atoms with van der Waals surface area (Å²) >= 11 is 0. The second kappa shape index (κ2) is 6.72. The lowest BCUT2D eigenvalue weighted by Crippen LogP contribution is -2.09. The summed E-state index contributed by atoms with van der Waals surface area (Å²) in [5.74, 6) is 2.85. The summed E-state index contributed by atoms with van der Waals surface area (Å²) in [7, 11) is 0. The first-order chi connectivity index (χ1) is 10.4. The van der Waals surface area contributed by atoms with Crippen molar-refractivity contribution in [3.05, 3.63) is 30.2 Å². The van der Waals surface area contributed by atoms with E-state index in [1.807, 2.05) is 31.2 Å². The number of nitrogens with one attached hydrogen (secondary N) is 1. The van der Waals surface area contributed by atoms with Crippen LogP contribution in [0.15, 0.2) is 28.8 Å². The quantitative estimate of drug-likeness (QED) is 0.885. The largest absolute Gasteiger partial charge is 0.493 e. The van der Waals surface area contributed by atoms with E-state index in [-0.39, 0.29) is 0 Å². The van der Waals surface area contributed by atoms with E-state index in [4.69, 9.17) is 9.26 Å². The van der Waals surface area contributed by atoms with Crippen LogP contribution in [-0.2, 0) is 6.42 Å². The summed E-state index contributed by atoms with van der Waals surface area (Å²) in [6.45, 7) is 4.82. The van der Waals surface area contributed by atoms with E-state index in [9.17, 15) is 0 Å². The molecule has 0 radical (unpaired) electrons. The van der Waals surface area contributed by atoms with Crippen molar-refractivity contribution in [3.63, 3.8) is 0 Å². The second-order valence-electron chi connectivity index (χ2n) is 5.34. The molecule has 1 fully saturated rings. The molecule has 1 atom stereocenters. The maximum absolute atomic E-state index is 5.61. The van der Waals surface area contributed by atoms with E-state index in [0.29, 0.717) is 18.3 Å². The topological polar surface area (TPSA) is 60.2 Å². The molecule has 1 aliphatic heterocycles. The molecule has 5 heteroatoms. The Kier molecular flexibility index (Phi) is 4.50. The van der Waals surface area contributed by atoms with E-state index < -0.39 is 0 Å². The van der Waals surface area contributed by atoms with Crippen molar-refractivity contribution in [2.45, 2.75) is 26.2 Å². The van der Waals surface area contributed by atoms with Crippen LogP contribution in [0.3, 0.4) is 0 Å². The van der Waals surface area contributed by atoms with Crippen LogP contribution in [0.4, 0.5) is 0 Å².